The number of nitrogen functional groups attached to an aromatic ring is 1. The lowest BCUT2D eigenvalue weighted by atomic mass is 10.2. The van der Waals surface area contributed by atoms with E-state index >= 15 is 0 Å². The zero-order chi connectivity index (χ0) is 17.8. The van der Waals surface area contributed by atoms with Crippen LogP contribution in [0.25, 0.3) is 11.4 Å². The number of nitrogens with zero attached hydrogens (tertiary/aromatic N) is 4. The highest BCUT2D eigenvalue weighted by Gasteiger charge is 2.16. The van der Waals surface area contributed by atoms with Crippen LogP contribution in [0, 0.1) is 0 Å². The Morgan fingerprint density at radius 1 is 1.24 bits per heavy atom. The van der Waals surface area contributed by atoms with Crippen LogP contribution in [0.3, 0.4) is 0 Å². The maximum Gasteiger partial charge on any atom is 0.236 e. The molecule has 3 aromatic rings. The molecule has 0 saturated carbocycles. The number of carbonyl (C=O) groups excluding carboxylic acids is 1. The van der Waals surface area contributed by atoms with Gasteiger partial charge in [0.05, 0.1) is 10.8 Å². The molecule has 3 rings (SSSR count). The molecule has 0 aliphatic carbocycles. The summed E-state index contributed by atoms with van der Waals surface area (Å²) in [6.07, 6.45) is 1.60. The third-order valence-corrected chi connectivity index (χ3v) is 4.59. The highest BCUT2D eigenvalue weighted by molar-refractivity contribution is 7.99. The number of thioether (sulfide) groups is 1. The third-order valence-electron chi connectivity index (χ3n) is 3.10. The molecule has 0 aliphatic rings. The number of aromatic nitrogens is 4. The molecular weight excluding hydrogens is 383 g/mol. The number of pyridine rings is 1. The van der Waals surface area contributed by atoms with Gasteiger partial charge in [-0.25, -0.2) is 9.66 Å². The summed E-state index contributed by atoms with van der Waals surface area (Å²) in [5.41, 5.74) is 0.603. The zero-order valence-electron chi connectivity index (χ0n) is 12.7. The number of hydrogen-bond acceptors (Lipinski definition) is 6. The van der Waals surface area contributed by atoms with E-state index in [1.165, 1.54) is 4.68 Å². The van der Waals surface area contributed by atoms with Gasteiger partial charge in [0.1, 0.15) is 5.82 Å². The molecule has 2 heterocycles. The summed E-state index contributed by atoms with van der Waals surface area (Å²) < 4.78 is 1.29. The molecule has 7 nitrogen and oxygen atoms in total. The van der Waals surface area contributed by atoms with Crippen LogP contribution in [0.2, 0.25) is 10.0 Å². The number of benzene rings is 1. The van der Waals surface area contributed by atoms with Gasteiger partial charge in [0, 0.05) is 16.8 Å². The molecule has 10 heteroatoms. The van der Waals surface area contributed by atoms with Gasteiger partial charge < -0.3 is 11.2 Å². The molecule has 3 N–H and O–H groups in total. The number of halogens is 2. The van der Waals surface area contributed by atoms with E-state index in [-0.39, 0.29) is 11.7 Å². The first kappa shape index (κ1) is 17.5. The zero-order valence-corrected chi connectivity index (χ0v) is 15.0. The average molecular weight is 395 g/mol. The van der Waals surface area contributed by atoms with Gasteiger partial charge in [-0.2, -0.15) is 0 Å². The predicted molar refractivity (Wildman–Crippen MR) is 99.2 cm³/mol. The van der Waals surface area contributed by atoms with Crippen LogP contribution < -0.4 is 11.2 Å². The summed E-state index contributed by atoms with van der Waals surface area (Å²) in [4.78, 5) is 16.0. The van der Waals surface area contributed by atoms with Crippen molar-refractivity contribution >= 4 is 46.7 Å². The molecule has 1 aromatic carbocycles. The Hall–Kier alpha value is -2.29. The van der Waals surface area contributed by atoms with Crippen LogP contribution in [0.15, 0.2) is 47.8 Å². The van der Waals surface area contributed by atoms with E-state index in [9.17, 15) is 4.79 Å². The van der Waals surface area contributed by atoms with Crippen LogP contribution in [-0.2, 0) is 4.79 Å². The largest absolute Gasteiger partial charge is 0.335 e. The van der Waals surface area contributed by atoms with Crippen molar-refractivity contribution in [1.29, 1.82) is 0 Å². The fraction of sp³-hybridized carbons (Fsp3) is 0.0667. The Kier molecular flexibility index (Phi) is 5.42. The maximum atomic E-state index is 12.0. The molecular formula is C15H12Cl2N6OS. The van der Waals surface area contributed by atoms with Gasteiger partial charge in [-0.3, -0.25) is 4.79 Å². The molecule has 2 aromatic heterocycles. The van der Waals surface area contributed by atoms with Gasteiger partial charge in [0.25, 0.3) is 0 Å². The monoisotopic (exact) mass is 394 g/mol. The average Bonchev–Trinajstić information content (AvgIpc) is 2.95. The standard InChI is InChI=1S/C15H12Cl2N6OS/c16-9-4-5-10(11(17)7-9)14-21-22-15(23(14)18)25-8-13(24)20-12-3-1-2-6-19-12/h1-7H,8,18H2,(H,19,20,24). The fourth-order valence-corrected chi connectivity index (χ4v) is 3.13. The lowest BCUT2D eigenvalue weighted by Gasteiger charge is -2.06. The first-order valence-electron chi connectivity index (χ1n) is 7.04. The topological polar surface area (TPSA) is 98.7 Å². The molecule has 1 amide bonds. The van der Waals surface area contributed by atoms with E-state index in [0.29, 0.717) is 32.4 Å². The normalized spacial score (nSPS) is 10.6. The third kappa shape index (κ3) is 4.22. The van der Waals surface area contributed by atoms with Gasteiger partial charge in [0.2, 0.25) is 11.1 Å². The number of amides is 1. The fourth-order valence-electron chi connectivity index (χ4n) is 1.98. The molecule has 128 valence electrons. The summed E-state index contributed by atoms with van der Waals surface area (Å²) in [6.45, 7) is 0. The molecule has 0 saturated heterocycles. The lowest BCUT2D eigenvalue weighted by molar-refractivity contribution is -0.113. The minimum atomic E-state index is -0.224. The summed E-state index contributed by atoms with van der Waals surface area (Å²) >= 11 is 13.2. The van der Waals surface area contributed by atoms with E-state index in [2.05, 4.69) is 20.5 Å². The quantitative estimate of drug-likeness (QED) is 0.509. The Balaban J connectivity index is 1.68. The smallest absolute Gasteiger partial charge is 0.236 e. The van der Waals surface area contributed by atoms with Crippen molar-refractivity contribution in [3.05, 3.63) is 52.6 Å². The van der Waals surface area contributed by atoms with Gasteiger partial charge in [-0.15, -0.1) is 10.2 Å². The van der Waals surface area contributed by atoms with Crippen molar-refractivity contribution in [2.24, 2.45) is 0 Å². The second-order valence-electron chi connectivity index (χ2n) is 4.85. The Labute approximate surface area is 157 Å². The number of nitrogens with one attached hydrogen (secondary N) is 1. The summed E-state index contributed by atoms with van der Waals surface area (Å²) in [7, 11) is 0. The highest BCUT2D eigenvalue weighted by atomic mass is 35.5. The number of hydrogen-bond donors (Lipinski definition) is 2. The molecule has 0 aliphatic heterocycles. The summed E-state index contributed by atoms with van der Waals surface area (Å²) in [6, 6.07) is 10.2. The van der Waals surface area contributed by atoms with Crippen molar-refractivity contribution in [3.8, 4) is 11.4 Å². The van der Waals surface area contributed by atoms with Gasteiger partial charge in [-0.05, 0) is 30.3 Å². The van der Waals surface area contributed by atoms with E-state index in [0.717, 1.165) is 11.8 Å². The highest BCUT2D eigenvalue weighted by Crippen LogP contribution is 2.30. The van der Waals surface area contributed by atoms with Crippen molar-refractivity contribution in [2.75, 3.05) is 16.9 Å². The first-order valence-corrected chi connectivity index (χ1v) is 8.78. The SMILES string of the molecule is Nn1c(SCC(=O)Nc2ccccn2)nnc1-c1ccc(Cl)cc1Cl. The van der Waals surface area contributed by atoms with Crippen molar-refractivity contribution in [3.63, 3.8) is 0 Å². The van der Waals surface area contributed by atoms with E-state index in [4.69, 9.17) is 29.0 Å². The first-order chi connectivity index (χ1) is 12.0. The Morgan fingerprint density at radius 2 is 2.08 bits per heavy atom. The van der Waals surface area contributed by atoms with Crippen molar-refractivity contribution in [1.82, 2.24) is 19.9 Å². The van der Waals surface area contributed by atoms with Gasteiger partial charge in [-0.1, -0.05) is 41.0 Å². The van der Waals surface area contributed by atoms with Crippen LogP contribution in [-0.4, -0.2) is 31.5 Å². The van der Waals surface area contributed by atoms with Crippen molar-refractivity contribution in [2.45, 2.75) is 5.16 Å². The lowest BCUT2D eigenvalue weighted by Crippen LogP contribution is -2.17. The second-order valence-corrected chi connectivity index (χ2v) is 6.64. The number of anilines is 1. The molecule has 25 heavy (non-hydrogen) atoms. The van der Waals surface area contributed by atoms with E-state index < -0.39 is 0 Å². The molecule has 0 bridgehead atoms. The second kappa shape index (κ2) is 7.73. The summed E-state index contributed by atoms with van der Waals surface area (Å²) in [5, 5.41) is 12.0. The maximum absolute atomic E-state index is 12.0. The van der Waals surface area contributed by atoms with Crippen LogP contribution in [0.4, 0.5) is 5.82 Å². The van der Waals surface area contributed by atoms with Gasteiger partial charge >= 0.3 is 0 Å². The van der Waals surface area contributed by atoms with E-state index in [1.54, 1.807) is 42.6 Å². The summed E-state index contributed by atoms with van der Waals surface area (Å²) in [5.74, 6) is 6.77. The Bertz CT molecular complexity index is 902. The van der Waals surface area contributed by atoms with Crippen LogP contribution in [0.5, 0.6) is 0 Å². The molecule has 0 radical (unpaired) electrons. The van der Waals surface area contributed by atoms with Crippen LogP contribution in [0.1, 0.15) is 0 Å². The minimum Gasteiger partial charge on any atom is -0.335 e. The number of carbonyl (C=O) groups is 1. The molecule has 0 spiro atoms. The number of rotatable bonds is 5. The molecule has 0 unspecified atom stereocenters. The predicted octanol–water partition coefficient (Wildman–Crippen LogP) is 3.09. The number of nitrogens with two attached hydrogens (primary N) is 1. The minimum absolute atomic E-state index is 0.111. The van der Waals surface area contributed by atoms with Gasteiger partial charge in [0.15, 0.2) is 5.82 Å². The Morgan fingerprint density at radius 3 is 2.80 bits per heavy atom. The van der Waals surface area contributed by atoms with Crippen LogP contribution >= 0.6 is 35.0 Å². The van der Waals surface area contributed by atoms with Crippen molar-refractivity contribution < 1.29 is 4.79 Å². The molecule has 0 fully saturated rings. The van der Waals surface area contributed by atoms with E-state index in [1.807, 2.05) is 0 Å². The molecule has 0 atom stereocenters.